The van der Waals surface area contributed by atoms with Crippen molar-refractivity contribution in [2.24, 2.45) is 0 Å². The van der Waals surface area contributed by atoms with Crippen LogP contribution >= 0.6 is 0 Å². The van der Waals surface area contributed by atoms with Crippen molar-refractivity contribution in [3.63, 3.8) is 0 Å². The van der Waals surface area contributed by atoms with Gasteiger partial charge in [-0.1, -0.05) is 57.2 Å². The summed E-state index contributed by atoms with van der Waals surface area (Å²) in [5, 5.41) is 1.22. The van der Waals surface area contributed by atoms with Gasteiger partial charge in [-0.3, -0.25) is 4.57 Å². The first-order valence-corrected chi connectivity index (χ1v) is 11.0. The number of furan rings is 1. The summed E-state index contributed by atoms with van der Waals surface area (Å²) < 4.78 is 23.1. The second-order valence-electron chi connectivity index (χ2n) is 9.32. The minimum Gasteiger partial charge on any atom is -0.455 e. The van der Waals surface area contributed by atoms with Crippen molar-refractivity contribution in [1.82, 2.24) is 14.5 Å². The Morgan fingerprint density at radius 2 is 1.67 bits per heavy atom. The van der Waals surface area contributed by atoms with Crippen LogP contribution in [0.2, 0.25) is 0 Å². The Hall–Kier alpha value is -3.99. The highest BCUT2D eigenvalue weighted by Crippen LogP contribution is 2.39. The lowest BCUT2D eigenvalue weighted by atomic mass is 9.88. The standard InChI is InChI=1S/C28H22FN3O/c1-28(2,3)17-15-22-27(30-16-17)32(18-9-5-4-6-10-18)26(31-22)20-13-14-21(29)24-19-11-7-8-12-23(19)33-25(20)24/h4-16H,1-3H3. The molecule has 0 atom stereocenters. The molecule has 0 aliphatic heterocycles. The Morgan fingerprint density at radius 3 is 2.45 bits per heavy atom. The molecule has 0 amide bonds. The minimum absolute atomic E-state index is 0.0558. The summed E-state index contributed by atoms with van der Waals surface area (Å²) in [6.07, 6.45) is 1.91. The summed E-state index contributed by atoms with van der Waals surface area (Å²) in [6.45, 7) is 6.47. The molecular weight excluding hydrogens is 413 g/mol. The topological polar surface area (TPSA) is 43.9 Å². The molecule has 0 unspecified atom stereocenters. The Bertz CT molecular complexity index is 1660. The lowest BCUT2D eigenvalue weighted by Gasteiger charge is -2.18. The molecule has 6 aromatic rings. The van der Waals surface area contributed by atoms with Crippen molar-refractivity contribution >= 4 is 33.1 Å². The summed E-state index contributed by atoms with van der Waals surface area (Å²) >= 11 is 0. The first kappa shape index (κ1) is 19.7. The van der Waals surface area contributed by atoms with Crippen LogP contribution in [0, 0.1) is 5.82 Å². The molecule has 5 heteroatoms. The fourth-order valence-electron chi connectivity index (χ4n) is 4.34. The van der Waals surface area contributed by atoms with Crippen molar-refractivity contribution in [2.45, 2.75) is 26.2 Å². The van der Waals surface area contributed by atoms with E-state index in [2.05, 4.69) is 26.8 Å². The van der Waals surface area contributed by atoms with Gasteiger partial charge in [-0.25, -0.2) is 14.4 Å². The number of halogens is 1. The first-order chi connectivity index (χ1) is 15.9. The minimum atomic E-state index is -0.311. The summed E-state index contributed by atoms with van der Waals surface area (Å²) in [4.78, 5) is 9.81. The molecule has 0 bridgehead atoms. The molecule has 0 saturated heterocycles. The van der Waals surface area contributed by atoms with E-state index in [1.165, 1.54) is 6.07 Å². The van der Waals surface area contributed by atoms with Gasteiger partial charge < -0.3 is 4.42 Å². The maximum atomic E-state index is 15.0. The Morgan fingerprint density at radius 1 is 0.909 bits per heavy atom. The number of hydrogen-bond acceptors (Lipinski definition) is 3. The van der Waals surface area contributed by atoms with Crippen molar-refractivity contribution in [3.8, 4) is 17.1 Å². The van der Waals surface area contributed by atoms with Gasteiger partial charge in [0.1, 0.15) is 22.5 Å². The van der Waals surface area contributed by atoms with Gasteiger partial charge in [-0.05, 0) is 47.4 Å². The zero-order valence-electron chi connectivity index (χ0n) is 18.6. The number of benzene rings is 3. The van der Waals surface area contributed by atoms with E-state index in [0.29, 0.717) is 22.4 Å². The molecule has 0 radical (unpaired) electrons. The Kier molecular flexibility index (Phi) is 4.18. The summed E-state index contributed by atoms with van der Waals surface area (Å²) in [5.41, 5.74) is 5.37. The zero-order valence-corrected chi connectivity index (χ0v) is 18.6. The average molecular weight is 436 g/mol. The fraction of sp³-hybridized carbons (Fsp3) is 0.143. The summed E-state index contributed by atoms with van der Waals surface area (Å²) in [6, 6.07) is 22.8. The van der Waals surface area contributed by atoms with Crippen molar-refractivity contribution in [2.75, 3.05) is 0 Å². The van der Waals surface area contributed by atoms with Crippen molar-refractivity contribution < 1.29 is 8.81 Å². The molecule has 33 heavy (non-hydrogen) atoms. The van der Waals surface area contributed by atoms with Crippen LogP contribution in [-0.2, 0) is 5.41 Å². The van der Waals surface area contributed by atoms with E-state index >= 15 is 0 Å². The van der Waals surface area contributed by atoms with Gasteiger partial charge in [0.2, 0.25) is 0 Å². The molecule has 3 aromatic heterocycles. The van der Waals surface area contributed by atoms with Crippen LogP contribution < -0.4 is 0 Å². The Balaban J connectivity index is 1.72. The number of pyridine rings is 1. The third kappa shape index (κ3) is 3.04. The van der Waals surface area contributed by atoms with Crippen LogP contribution in [0.3, 0.4) is 0 Å². The number of aromatic nitrogens is 3. The van der Waals surface area contributed by atoms with Gasteiger partial charge in [0.25, 0.3) is 0 Å². The molecule has 4 nitrogen and oxygen atoms in total. The summed E-state index contributed by atoms with van der Waals surface area (Å²) in [5.74, 6) is 0.355. The smallest absolute Gasteiger partial charge is 0.164 e. The number of nitrogens with zero attached hydrogens (tertiary/aromatic N) is 3. The van der Waals surface area contributed by atoms with E-state index in [4.69, 9.17) is 14.4 Å². The largest absolute Gasteiger partial charge is 0.455 e. The van der Waals surface area contributed by atoms with Gasteiger partial charge in [0.05, 0.1) is 10.9 Å². The second kappa shape index (κ2) is 7.01. The highest BCUT2D eigenvalue weighted by molar-refractivity contribution is 6.09. The number of hydrogen-bond donors (Lipinski definition) is 0. The van der Waals surface area contributed by atoms with Crippen LogP contribution in [0.25, 0.3) is 50.2 Å². The van der Waals surface area contributed by atoms with Crippen LogP contribution in [0.1, 0.15) is 26.3 Å². The number of fused-ring (bicyclic) bond motifs is 4. The number of imidazole rings is 1. The maximum Gasteiger partial charge on any atom is 0.164 e. The Labute approximate surface area is 190 Å². The molecule has 3 aromatic carbocycles. The number of rotatable bonds is 2. The van der Waals surface area contributed by atoms with Crippen LogP contribution in [-0.4, -0.2) is 14.5 Å². The van der Waals surface area contributed by atoms with Crippen molar-refractivity contribution in [1.29, 1.82) is 0 Å². The van der Waals surface area contributed by atoms with Crippen LogP contribution in [0.5, 0.6) is 0 Å². The molecule has 0 aliphatic carbocycles. The number of para-hydroxylation sites is 2. The highest BCUT2D eigenvalue weighted by atomic mass is 19.1. The summed E-state index contributed by atoms with van der Waals surface area (Å²) in [7, 11) is 0. The monoisotopic (exact) mass is 435 g/mol. The van der Waals surface area contributed by atoms with E-state index in [-0.39, 0.29) is 11.2 Å². The molecule has 162 valence electrons. The van der Waals surface area contributed by atoms with E-state index in [9.17, 15) is 4.39 Å². The maximum absolute atomic E-state index is 15.0. The quantitative estimate of drug-likeness (QED) is 0.284. The molecule has 0 spiro atoms. The van der Waals surface area contributed by atoms with Gasteiger partial charge in [-0.15, -0.1) is 0 Å². The third-order valence-electron chi connectivity index (χ3n) is 6.09. The normalized spacial score (nSPS) is 12.2. The van der Waals surface area contributed by atoms with Gasteiger partial charge in [0.15, 0.2) is 11.5 Å². The fourth-order valence-corrected chi connectivity index (χ4v) is 4.34. The lowest BCUT2D eigenvalue weighted by Crippen LogP contribution is -2.11. The average Bonchev–Trinajstić information content (AvgIpc) is 3.38. The van der Waals surface area contributed by atoms with Gasteiger partial charge in [0, 0.05) is 17.3 Å². The van der Waals surface area contributed by atoms with E-state index in [1.54, 1.807) is 6.07 Å². The van der Waals surface area contributed by atoms with Gasteiger partial charge in [-0.2, -0.15) is 0 Å². The molecular formula is C28H22FN3O. The molecule has 0 N–H and O–H groups in total. The van der Waals surface area contributed by atoms with E-state index in [1.807, 2.05) is 65.4 Å². The molecule has 6 rings (SSSR count). The van der Waals surface area contributed by atoms with E-state index < -0.39 is 0 Å². The van der Waals surface area contributed by atoms with Crippen LogP contribution in [0.15, 0.2) is 83.4 Å². The van der Waals surface area contributed by atoms with Crippen molar-refractivity contribution in [3.05, 3.63) is 90.4 Å². The molecule has 0 aliphatic rings. The predicted molar refractivity (Wildman–Crippen MR) is 130 cm³/mol. The zero-order chi connectivity index (χ0) is 22.7. The first-order valence-electron chi connectivity index (χ1n) is 11.0. The predicted octanol–water partition coefficient (Wildman–Crippen LogP) is 7.42. The van der Waals surface area contributed by atoms with Gasteiger partial charge >= 0.3 is 0 Å². The highest BCUT2D eigenvalue weighted by Gasteiger charge is 2.23. The molecule has 3 heterocycles. The van der Waals surface area contributed by atoms with Crippen LogP contribution in [0.4, 0.5) is 4.39 Å². The SMILES string of the molecule is CC(C)(C)c1cnc2c(c1)nc(-c1ccc(F)c3c1oc1ccccc13)n2-c1ccccc1. The molecule has 0 fully saturated rings. The lowest BCUT2D eigenvalue weighted by molar-refractivity contribution is 0.588. The second-order valence-corrected chi connectivity index (χ2v) is 9.32. The third-order valence-corrected chi connectivity index (χ3v) is 6.09. The molecule has 0 saturated carbocycles. The van der Waals surface area contributed by atoms with E-state index in [0.717, 1.165) is 33.4 Å².